The second kappa shape index (κ2) is 7.88. The highest BCUT2D eigenvalue weighted by atomic mass is 16.5. The second-order valence-corrected chi connectivity index (χ2v) is 9.24. The largest absolute Gasteiger partial charge is 0.479 e. The maximum Gasteiger partial charge on any atom is 0.408 e. The number of carbonyl (C=O) groups excluding carboxylic acids is 2. The zero-order valence-electron chi connectivity index (χ0n) is 18.1. The van der Waals surface area contributed by atoms with E-state index >= 15 is 0 Å². The van der Waals surface area contributed by atoms with E-state index in [-0.39, 0.29) is 31.5 Å². The van der Waals surface area contributed by atoms with E-state index < -0.39 is 23.2 Å². The molecule has 3 aliphatic rings. The van der Waals surface area contributed by atoms with E-state index in [2.05, 4.69) is 17.4 Å². The molecule has 0 atom stereocenters. The van der Waals surface area contributed by atoms with E-state index in [1.165, 1.54) is 4.90 Å². The van der Waals surface area contributed by atoms with E-state index in [0.717, 1.165) is 35.1 Å². The summed E-state index contributed by atoms with van der Waals surface area (Å²) in [5.41, 5.74) is 1.43. The third kappa shape index (κ3) is 3.54. The van der Waals surface area contributed by atoms with Crippen LogP contribution in [0.5, 0.6) is 0 Å². The number of carboxylic acids is 1. The van der Waals surface area contributed by atoms with Gasteiger partial charge in [-0.1, -0.05) is 61.4 Å². The van der Waals surface area contributed by atoms with Crippen LogP contribution in [-0.4, -0.2) is 63.9 Å². The number of aliphatic carboxylic acids is 1. The number of fused-ring (bicyclic) bond motifs is 3. The van der Waals surface area contributed by atoms with Crippen molar-refractivity contribution in [3.8, 4) is 11.1 Å². The van der Waals surface area contributed by atoms with Crippen LogP contribution in [0.25, 0.3) is 11.1 Å². The molecule has 2 aromatic carbocycles. The van der Waals surface area contributed by atoms with Crippen molar-refractivity contribution in [3.63, 3.8) is 0 Å². The monoisotopic (exact) mass is 450 g/mol. The average molecular weight is 450 g/mol. The molecule has 0 spiro atoms. The minimum Gasteiger partial charge on any atom is -0.479 e. The van der Waals surface area contributed by atoms with Gasteiger partial charge in [-0.2, -0.15) is 0 Å². The number of benzene rings is 2. The van der Waals surface area contributed by atoms with Crippen LogP contribution in [-0.2, 0) is 14.3 Å². The minimum atomic E-state index is -1.92. The summed E-state index contributed by atoms with van der Waals surface area (Å²) in [6.45, 7) is -0.419. The Hall–Kier alpha value is -3.39. The van der Waals surface area contributed by atoms with Crippen molar-refractivity contribution in [2.75, 3.05) is 19.7 Å². The number of ether oxygens (including phenoxy) is 1. The Labute approximate surface area is 191 Å². The highest BCUT2D eigenvalue weighted by Crippen LogP contribution is 2.44. The van der Waals surface area contributed by atoms with Crippen LogP contribution < -0.4 is 5.32 Å². The lowest BCUT2D eigenvalue weighted by molar-refractivity contribution is -0.184. The number of carbonyl (C=O) groups is 3. The molecule has 1 aliphatic heterocycles. The Balaban J connectivity index is 1.27. The molecule has 2 aromatic rings. The molecule has 172 valence electrons. The molecule has 0 radical (unpaired) electrons. The summed E-state index contributed by atoms with van der Waals surface area (Å²) >= 11 is 0. The molecule has 2 amide bonds. The Kier molecular flexibility index (Phi) is 5.12. The van der Waals surface area contributed by atoms with Crippen LogP contribution in [0.15, 0.2) is 48.5 Å². The van der Waals surface area contributed by atoms with Gasteiger partial charge in [-0.25, -0.2) is 9.59 Å². The Morgan fingerprint density at radius 3 is 2.06 bits per heavy atom. The molecule has 1 saturated carbocycles. The van der Waals surface area contributed by atoms with Gasteiger partial charge in [0.2, 0.25) is 5.91 Å². The van der Waals surface area contributed by atoms with Gasteiger partial charge in [0.25, 0.3) is 0 Å². The van der Waals surface area contributed by atoms with Crippen LogP contribution in [0, 0.1) is 0 Å². The van der Waals surface area contributed by atoms with E-state index in [1.807, 2.05) is 36.4 Å². The molecule has 5 rings (SSSR count). The lowest BCUT2D eigenvalue weighted by atomic mass is 9.88. The highest BCUT2D eigenvalue weighted by Gasteiger charge is 2.55. The van der Waals surface area contributed by atoms with Gasteiger partial charge in [0, 0.05) is 5.92 Å². The number of aliphatic hydroxyl groups is 1. The van der Waals surface area contributed by atoms with Gasteiger partial charge < -0.3 is 25.2 Å². The first-order chi connectivity index (χ1) is 15.8. The number of hydrogen-bond donors (Lipinski definition) is 3. The van der Waals surface area contributed by atoms with Gasteiger partial charge >= 0.3 is 12.1 Å². The molecule has 1 heterocycles. The van der Waals surface area contributed by atoms with Crippen molar-refractivity contribution >= 4 is 18.0 Å². The third-order valence-electron chi connectivity index (χ3n) is 7.14. The van der Waals surface area contributed by atoms with Crippen molar-refractivity contribution in [3.05, 3.63) is 59.7 Å². The number of hydrogen-bond acceptors (Lipinski definition) is 5. The molecule has 0 unspecified atom stereocenters. The average Bonchev–Trinajstić information content (AvgIpc) is 3.38. The molecule has 8 heteroatoms. The molecule has 8 nitrogen and oxygen atoms in total. The van der Waals surface area contributed by atoms with Crippen LogP contribution >= 0.6 is 0 Å². The van der Waals surface area contributed by atoms with Gasteiger partial charge in [-0.05, 0) is 35.1 Å². The van der Waals surface area contributed by atoms with Crippen molar-refractivity contribution in [2.45, 2.75) is 42.7 Å². The number of nitrogens with one attached hydrogen (secondary N) is 1. The molecule has 2 fully saturated rings. The van der Waals surface area contributed by atoms with Gasteiger partial charge in [0.1, 0.15) is 12.1 Å². The quantitative estimate of drug-likeness (QED) is 0.645. The standard InChI is InChI=1S/C25H26N2O6/c28-21(27-14-25(32,15-27)22(29)30)24(11-5-6-12-24)26-23(31)33-13-20-18-9-3-1-7-16(18)17-8-2-4-10-19(17)20/h1-4,7-10,20,32H,5-6,11-15H2,(H,26,31)(H,29,30). The molecule has 1 saturated heterocycles. The summed E-state index contributed by atoms with van der Waals surface area (Å²) in [5.74, 6) is -1.80. The number of carboxylic acid groups (broad SMARTS) is 1. The zero-order valence-corrected chi connectivity index (χ0v) is 18.1. The van der Waals surface area contributed by atoms with Crippen molar-refractivity contribution in [1.82, 2.24) is 10.2 Å². The first kappa shape index (κ1) is 21.5. The van der Waals surface area contributed by atoms with Crippen molar-refractivity contribution < 1.29 is 29.3 Å². The predicted molar refractivity (Wildman–Crippen MR) is 119 cm³/mol. The number of amides is 2. The minimum absolute atomic E-state index is 0.0840. The van der Waals surface area contributed by atoms with Crippen LogP contribution in [0.4, 0.5) is 4.79 Å². The molecule has 3 N–H and O–H groups in total. The molecule has 2 aliphatic carbocycles. The molecule has 0 bridgehead atoms. The van der Waals surface area contributed by atoms with Gasteiger partial charge in [0.05, 0.1) is 13.1 Å². The van der Waals surface area contributed by atoms with E-state index in [0.29, 0.717) is 12.8 Å². The number of nitrogens with zero attached hydrogens (tertiary/aromatic N) is 1. The number of β-amino-alcohol motifs (C(OH)–C–C–N with tert-alkyl or cyclic N) is 1. The topological polar surface area (TPSA) is 116 Å². The summed E-state index contributed by atoms with van der Waals surface area (Å²) in [7, 11) is 0. The van der Waals surface area contributed by atoms with Crippen LogP contribution in [0.1, 0.15) is 42.7 Å². The first-order valence-electron chi connectivity index (χ1n) is 11.2. The van der Waals surface area contributed by atoms with E-state index in [4.69, 9.17) is 9.84 Å². The predicted octanol–water partition coefficient (Wildman–Crippen LogP) is 2.50. The smallest absolute Gasteiger partial charge is 0.408 e. The van der Waals surface area contributed by atoms with Gasteiger partial charge in [0.15, 0.2) is 5.60 Å². The fourth-order valence-electron chi connectivity index (χ4n) is 5.37. The first-order valence-corrected chi connectivity index (χ1v) is 11.2. The maximum absolute atomic E-state index is 13.1. The Bertz CT molecular complexity index is 1070. The summed E-state index contributed by atoms with van der Waals surface area (Å²) < 4.78 is 5.62. The van der Waals surface area contributed by atoms with E-state index in [9.17, 15) is 19.5 Å². The highest BCUT2D eigenvalue weighted by molar-refractivity contribution is 5.93. The summed E-state index contributed by atoms with van der Waals surface area (Å²) in [5, 5.41) is 21.9. The lowest BCUT2D eigenvalue weighted by Gasteiger charge is -2.46. The van der Waals surface area contributed by atoms with Gasteiger partial charge in [-0.15, -0.1) is 0 Å². The number of alkyl carbamates (subject to hydrolysis) is 1. The number of likely N-dealkylation sites (tertiary alicyclic amines) is 1. The normalized spacial score (nSPS) is 19.8. The summed E-state index contributed by atoms with van der Waals surface area (Å²) in [6, 6.07) is 16.1. The molecule has 0 aromatic heterocycles. The zero-order chi connectivity index (χ0) is 23.2. The Morgan fingerprint density at radius 2 is 1.52 bits per heavy atom. The Morgan fingerprint density at radius 1 is 0.970 bits per heavy atom. The van der Waals surface area contributed by atoms with Crippen molar-refractivity contribution in [1.29, 1.82) is 0 Å². The number of rotatable bonds is 5. The summed E-state index contributed by atoms with van der Waals surface area (Å²) in [4.78, 5) is 38.4. The maximum atomic E-state index is 13.1. The van der Waals surface area contributed by atoms with E-state index in [1.54, 1.807) is 0 Å². The van der Waals surface area contributed by atoms with Gasteiger partial charge in [-0.3, -0.25) is 4.79 Å². The van der Waals surface area contributed by atoms with Crippen molar-refractivity contribution in [2.24, 2.45) is 0 Å². The lowest BCUT2D eigenvalue weighted by Crippen LogP contribution is -2.72. The fourth-order valence-corrected chi connectivity index (χ4v) is 5.37. The fraction of sp³-hybridized carbons (Fsp3) is 0.400. The third-order valence-corrected chi connectivity index (χ3v) is 7.14. The second-order valence-electron chi connectivity index (χ2n) is 9.24. The molecular formula is C25H26N2O6. The SMILES string of the molecule is O=C(NC1(C(=O)N2CC(O)(C(=O)O)C2)CCCC1)OCC1c2ccccc2-c2ccccc21. The van der Waals surface area contributed by atoms with Crippen LogP contribution in [0.2, 0.25) is 0 Å². The molecular weight excluding hydrogens is 424 g/mol. The van der Waals surface area contributed by atoms with Crippen LogP contribution in [0.3, 0.4) is 0 Å². The molecule has 33 heavy (non-hydrogen) atoms. The summed E-state index contributed by atoms with van der Waals surface area (Å²) in [6.07, 6.45) is 1.79.